The molecule has 2 N–H and O–H groups in total. The van der Waals surface area contributed by atoms with E-state index in [1.807, 2.05) is 0 Å². The van der Waals surface area contributed by atoms with Gasteiger partial charge in [0.2, 0.25) is 0 Å². The molecule has 0 aliphatic carbocycles. The molecule has 118 valence electrons. The second-order valence-corrected chi connectivity index (χ2v) is 5.24. The van der Waals surface area contributed by atoms with E-state index in [1.54, 1.807) is 0 Å². The minimum atomic E-state index is -1.62. The maximum atomic E-state index is 13.7. The quantitative estimate of drug-likeness (QED) is 0.831. The van der Waals surface area contributed by atoms with Crippen LogP contribution in [0.2, 0.25) is 0 Å². The van der Waals surface area contributed by atoms with Crippen LogP contribution in [0.3, 0.4) is 0 Å². The van der Waals surface area contributed by atoms with Crippen LogP contribution in [0, 0.1) is 23.3 Å². The zero-order chi connectivity index (χ0) is 16.3. The third kappa shape index (κ3) is 3.84. The molecule has 0 aliphatic rings. The highest BCUT2D eigenvalue weighted by molar-refractivity contribution is 5.25. The molecule has 0 saturated carbocycles. The van der Waals surface area contributed by atoms with Crippen molar-refractivity contribution in [2.24, 2.45) is 0 Å². The van der Waals surface area contributed by atoms with Gasteiger partial charge in [-0.3, -0.25) is 0 Å². The Bertz CT molecular complexity index is 673. The van der Waals surface area contributed by atoms with Crippen molar-refractivity contribution in [2.45, 2.75) is 19.1 Å². The molecule has 2 rings (SSSR count). The van der Waals surface area contributed by atoms with Crippen LogP contribution >= 0.6 is 0 Å². The van der Waals surface area contributed by atoms with Crippen molar-refractivity contribution >= 4 is 0 Å². The molecule has 0 amide bonds. The van der Waals surface area contributed by atoms with E-state index < -0.39 is 28.9 Å². The molecule has 0 saturated heterocycles. The van der Waals surface area contributed by atoms with Gasteiger partial charge in [0.05, 0.1) is 0 Å². The van der Waals surface area contributed by atoms with E-state index in [4.69, 9.17) is 0 Å². The van der Waals surface area contributed by atoms with E-state index in [9.17, 15) is 22.7 Å². The van der Waals surface area contributed by atoms with Crippen LogP contribution in [0.1, 0.15) is 18.1 Å². The number of hydrogen-bond donors (Lipinski definition) is 2. The molecular formula is C16H15F4NO. The fourth-order valence-corrected chi connectivity index (χ4v) is 2.14. The van der Waals surface area contributed by atoms with E-state index in [-0.39, 0.29) is 24.2 Å². The third-order valence-corrected chi connectivity index (χ3v) is 3.30. The lowest BCUT2D eigenvalue weighted by Crippen LogP contribution is -2.36. The molecule has 0 spiro atoms. The van der Waals surface area contributed by atoms with Crippen molar-refractivity contribution in [3.63, 3.8) is 0 Å². The highest BCUT2D eigenvalue weighted by Crippen LogP contribution is 2.23. The normalized spacial score (nSPS) is 13.9. The van der Waals surface area contributed by atoms with Gasteiger partial charge in [0.25, 0.3) is 0 Å². The molecule has 2 nitrogen and oxygen atoms in total. The first kappa shape index (κ1) is 16.5. The van der Waals surface area contributed by atoms with E-state index in [0.717, 1.165) is 30.3 Å². The van der Waals surface area contributed by atoms with Gasteiger partial charge in [-0.25, -0.2) is 17.6 Å². The summed E-state index contributed by atoms with van der Waals surface area (Å²) in [7, 11) is 0. The summed E-state index contributed by atoms with van der Waals surface area (Å²) in [5.41, 5.74) is -1.61. The van der Waals surface area contributed by atoms with Crippen molar-refractivity contribution in [3.05, 3.63) is 70.8 Å². The summed E-state index contributed by atoms with van der Waals surface area (Å²) in [6, 6.07) is 5.91. The minimum Gasteiger partial charge on any atom is -0.384 e. The second-order valence-electron chi connectivity index (χ2n) is 5.24. The summed E-state index contributed by atoms with van der Waals surface area (Å²) in [4.78, 5) is 0. The van der Waals surface area contributed by atoms with Crippen LogP contribution in [-0.2, 0) is 12.1 Å². The van der Waals surface area contributed by atoms with Crippen molar-refractivity contribution in [2.75, 3.05) is 6.54 Å². The topological polar surface area (TPSA) is 32.3 Å². The number of hydrogen-bond acceptors (Lipinski definition) is 2. The van der Waals surface area contributed by atoms with E-state index in [2.05, 4.69) is 5.32 Å². The predicted octanol–water partition coefficient (Wildman–Crippen LogP) is 3.24. The first-order valence-electron chi connectivity index (χ1n) is 6.62. The van der Waals surface area contributed by atoms with Crippen molar-refractivity contribution < 1.29 is 22.7 Å². The van der Waals surface area contributed by atoms with Gasteiger partial charge in [-0.05, 0) is 31.2 Å². The van der Waals surface area contributed by atoms with Gasteiger partial charge >= 0.3 is 0 Å². The standard InChI is InChI=1S/C16H15F4NO/c1-16(22,13-4-2-12(18)7-15(13)20)9-21-8-10-6-11(17)3-5-14(10)19/h2-7,21-22H,8-9H2,1H3. The van der Waals surface area contributed by atoms with Gasteiger partial charge in [-0.2, -0.15) is 0 Å². The van der Waals surface area contributed by atoms with Gasteiger partial charge in [0.1, 0.15) is 28.9 Å². The lowest BCUT2D eigenvalue weighted by Gasteiger charge is -2.25. The molecule has 22 heavy (non-hydrogen) atoms. The van der Waals surface area contributed by atoms with Gasteiger partial charge in [-0.1, -0.05) is 6.07 Å². The van der Waals surface area contributed by atoms with Gasteiger partial charge in [-0.15, -0.1) is 0 Å². The van der Waals surface area contributed by atoms with Crippen molar-refractivity contribution in [1.82, 2.24) is 5.32 Å². The molecule has 0 aliphatic heterocycles. The maximum absolute atomic E-state index is 13.7. The first-order chi connectivity index (χ1) is 10.3. The van der Waals surface area contributed by atoms with Crippen molar-refractivity contribution in [3.8, 4) is 0 Å². The van der Waals surface area contributed by atoms with Crippen LogP contribution < -0.4 is 5.32 Å². The zero-order valence-corrected chi connectivity index (χ0v) is 11.8. The fraction of sp³-hybridized carbons (Fsp3) is 0.250. The van der Waals surface area contributed by atoms with Crippen molar-refractivity contribution in [1.29, 1.82) is 0 Å². The summed E-state index contributed by atoms with van der Waals surface area (Å²) in [6.45, 7) is 1.19. The number of halogens is 4. The van der Waals surface area contributed by atoms with E-state index >= 15 is 0 Å². The highest BCUT2D eigenvalue weighted by atomic mass is 19.1. The summed E-state index contributed by atoms with van der Waals surface area (Å²) >= 11 is 0. The number of benzene rings is 2. The van der Waals surface area contributed by atoms with Crippen LogP contribution in [0.4, 0.5) is 17.6 Å². The smallest absolute Gasteiger partial charge is 0.132 e. The number of nitrogens with one attached hydrogen (secondary N) is 1. The van der Waals surface area contributed by atoms with Gasteiger partial charge in [0, 0.05) is 30.3 Å². The highest BCUT2D eigenvalue weighted by Gasteiger charge is 2.26. The Balaban J connectivity index is 2.05. The summed E-state index contributed by atoms with van der Waals surface area (Å²) in [5.74, 6) is -2.77. The molecular weight excluding hydrogens is 298 g/mol. The minimum absolute atomic E-state index is 0.0391. The molecule has 6 heteroatoms. The van der Waals surface area contributed by atoms with E-state index in [0.29, 0.717) is 6.07 Å². The monoisotopic (exact) mass is 313 g/mol. The fourth-order valence-electron chi connectivity index (χ4n) is 2.14. The second kappa shape index (κ2) is 6.46. The average Bonchev–Trinajstić information content (AvgIpc) is 2.42. The lowest BCUT2D eigenvalue weighted by molar-refractivity contribution is 0.0527. The number of rotatable bonds is 5. The average molecular weight is 313 g/mol. The summed E-state index contributed by atoms with van der Waals surface area (Å²) < 4.78 is 53.0. The Morgan fingerprint density at radius 2 is 1.59 bits per heavy atom. The molecule has 0 fully saturated rings. The van der Waals surface area contributed by atoms with E-state index in [1.165, 1.54) is 6.92 Å². The Kier molecular flexibility index (Phi) is 4.83. The molecule has 2 aromatic carbocycles. The maximum Gasteiger partial charge on any atom is 0.132 e. The zero-order valence-electron chi connectivity index (χ0n) is 11.8. The molecule has 0 aromatic heterocycles. The molecule has 0 bridgehead atoms. The Hall–Kier alpha value is -1.92. The Labute approximate surface area is 125 Å². The van der Waals surface area contributed by atoms with Crippen LogP contribution in [0.5, 0.6) is 0 Å². The SMILES string of the molecule is CC(O)(CNCc1cc(F)ccc1F)c1ccc(F)cc1F. The summed E-state index contributed by atoms with van der Waals surface area (Å²) in [5, 5.41) is 13.0. The van der Waals surface area contributed by atoms with Crippen LogP contribution in [0.25, 0.3) is 0 Å². The molecule has 1 atom stereocenters. The predicted molar refractivity (Wildman–Crippen MR) is 74.0 cm³/mol. The van der Waals surface area contributed by atoms with Crippen LogP contribution in [0.15, 0.2) is 36.4 Å². The summed E-state index contributed by atoms with van der Waals surface area (Å²) in [6.07, 6.45) is 0. The molecule has 0 heterocycles. The van der Waals surface area contributed by atoms with Gasteiger partial charge < -0.3 is 10.4 Å². The van der Waals surface area contributed by atoms with Crippen LogP contribution in [-0.4, -0.2) is 11.7 Å². The first-order valence-corrected chi connectivity index (χ1v) is 6.62. The molecule has 2 aromatic rings. The molecule has 1 unspecified atom stereocenters. The third-order valence-electron chi connectivity index (χ3n) is 3.30. The largest absolute Gasteiger partial charge is 0.384 e. The number of aliphatic hydroxyl groups is 1. The van der Waals surface area contributed by atoms with Gasteiger partial charge in [0.15, 0.2) is 0 Å². The molecule has 0 radical (unpaired) electrons. The lowest BCUT2D eigenvalue weighted by atomic mass is 9.95. The Morgan fingerprint density at radius 1 is 0.955 bits per heavy atom. The Morgan fingerprint density at radius 3 is 2.27 bits per heavy atom.